The molecule has 2 saturated carbocycles. The Hall–Kier alpha value is -0.300. The summed E-state index contributed by atoms with van der Waals surface area (Å²) in [7, 11) is 0. The van der Waals surface area contributed by atoms with Crippen LogP contribution < -0.4 is 0 Å². The molecule has 3 rings (SSSR count). The van der Waals surface area contributed by atoms with E-state index in [1.165, 1.54) is 37.7 Å². The number of fused-ring (bicyclic) bond motifs is 1. The van der Waals surface area contributed by atoms with Crippen LogP contribution in [0.5, 0.6) is 0 Å². The van der Waals surface area contributed by atoms with Gasteiger partial charge in [-0.1, -0.05) is 6.08 Å². The third-order valence-electron chi connectivity index (χ3n) is 4.10. The Balaban J connectivity index is 1.78. The van der Waals surface area contributed by atoms with Gasteiger partial charge >= 0.3 is 0 Å². The first kappa shape index (κ1) is 7.14. The van der Waals surface area contributed by atoms with Gasteiger partial charge in [0.2, 0.25) is 0 Å². The van der Waals surface area contributed by atoms with Gasteiger partial charge in [0.05, 0.1) is 6.61 Å². The lowest BCUT2D eigenvalue weighted by atomic mass is 9.99. The van der Waals surface area contributed by atoms with Crippen molar-refractivity contribution in [3.8, 4) is 0 Å². The first-order valence-electron chi connectivity index (χ1n) is 5.12. The zero-order valence-corrected chi connectivity index (χ0v) is 7.42. The van der Waals surface area contributed by atoms with Gasteiger partial charge in [0.15, 0.2) is 0 Å². The molecule has 1 N–H and O–H groups in total. The standard InChI is InChI=1S/C11H16O/c12-7-8-3-9-5-11(1-2-11)6-10(9)4-8/h3,9-10,12H,1-2,4-7H2/t9-,10+/m0/s1. The molecule has 1 heteroatoms. The summed E-state index contributed by atoms with van der Waals surface area (Å²) in [6.07, 6.45) is 9.42. The van der Waals surface area contributed by atoms with Gasteiger partial charge in [-0.25, -0.2) is 0 Å². The summed E-state index contributed by atoms with van der Waals surface area (Å²) in [6, 6.07) is 0. The summed E-state index contributed by atoms with van der Waals surface area (Å²) in [5.74, 6) is 1.75. The van der Waals surface area contributed by atoms with E-state index in [-0.39, 0.29) is 0 Å². The molecule has 66 valence electrons. The van der Waals surface area contributed by atoms with E-state index in [0.717, 1.165) is 17.3 Å². The third-order valence-corrected chi connectivity index (χ3v) is 4.10. The van der Waals surface area contributed by atoms with Crippen LogP contribution in [0.2, 0.25) is 0 Å². The number of allylic oxidation sites excluding steroid dienone is 1. The summed E-state index contributed by atoms with van der Waals surface area (Å²) >= 11 is 0. The van der Waals surface area contributed by atoms with E-state index in [2.05, 4.69) is 6.08 Å². The molecule has 0 aromatic carbocycles. The molecule has 0 unspecified atom stereocenters. The van der Waals surface area contributed by atoms with E-state index in [9.17, 15) is 0 Å². The van der Waals surface area contributed by atoms with Crippen molar-refractivity contribution < 1.29 is 5.11 Å². The maximum atomic E-state index is 9.00. The molecule has 2 atom stereocenters. The van der Waals surface area contributed by atoms with Crippen LogP contribution in [0.4, 0.5) is 0 Å². The number of rotatable bonds is 1. The molecule has 0 bridgehead atoms. The van der Waals surface area contributed by atoms with Crippen molar-refractivity contribution in [3.05, 3.63) is 11.6 Å². The van der Waals surface area contributed by atoms with E-state index < -0.39 is 0 Å². The monoisotopic (exact) mass is 164 g/mol. The average molecular weight is 164 g/mol. The van der Waals surface area contributed by atoms with Gasteiger partial charge < -0.3 is 5.11 Å². The molecule has 2 fully saturated rings. The van der Waals surface area contributed by atoms with Crippen LogP contribution in [-0.4, -0.2) is 11.7 Å². The predicted molar refractivity (Wildman–Crippen MR) is 47.7 cm³/mol. The molecule has 0 heterocycles. The second-order valence-electron chi connectivity index (χ2n) is 5.02. The zero-order chi connectivity index (χ0) is 8.18. The topological polar surface area (TPSA) is 20.2 Å². The van der Waals surface area contributed by atoms with Crippen molar-refractivity contribution in [1.29, 1.82) is 0 Å². The Morgan fingerprint density at radius 2 is 2.25 bits per heavy atom. The van der Waals surface area contributed by atoms with Crippen molar-refractivity contribution >= 4 is 0 Å². The van der Waals surface area contributed by atoms with Gasteiger partial charge in [0.25, 0.3) is 0 Å². The second-order valence-corrected chi connectivity index (χ2v) is 5.02. The Bertz CT molecular complexity index is 237. The highest BCUT2D eigenvalue weighted by Crippen LogP contribution is 2.64. The van der Waals surface area contributed by atoms with Gasteiger partial charge in [-0.15, -0.1) is 0 Å². The van der Waals surface area contributed by atoms with Crippen LogP contribution in [0.1, 0.15) is 32.1 Å². The third kappa shape index (κ3) is 0.891. The van der Waals surface area contributed by atoms with Crippen LogP contribution in [0.15, 0.2) is 11.6 Å². The largest absolute Gasteiger partial charge is 0.392 e. The Labute approximate surface area is 73.5 Å². The van der Waals surface area contributed by atoms with Crippen LogP contribution in [-0.2, 0) is 0 Å². The highest BCUT2D eigenvalue weighted by Gasteiger charge is 2.53. The quantitative estimate of drug-likeness (QED) is 0.588. The summed E-state index contributed by atoms with van der Waals surface area (Å²) in [6.45, 7) is 0.306. The molecule has 1 spiro atoms. The van der Waals surface area contributed by atoms with E-state index in [0.29, 0.717) is 6.61 Å². The zero-order valence-electron chi connectivity index (χ0n) is 7.42. The lowest BCUT2D eigenvalue weighted by Crippen LogP contribution is -1.98. The summed E-state index contributed by atoms with van der Waals surface area (Å²) in [4.78, 5) is 0. The van der Waals surface area contributed by atoms with E-state index in [1.54, 1.807) is 0 Å². The van der Waals surface area contributed by atoms with Crippen molar-refractivity contribution in [1.82, 2.24) is 0 Å². The minimum atomic E-state index is 0.306. The van der Waals surface area contributed by atoms with Crippen molar-refractivity contribution in [2.45, 2.75) is 32.1 Å². The van der Waals surface area contributed by atoms with Crippen molar-refractivity contribution in [2.75, 3.05) is 6.61 Å². The van der Waals surface area contributed by atoms with Gasteiger partial charge in [-0.3, -0.25) is 0 Å². The summed E-state index contributed by atoms with van der Waals surface area (Å²) in [5.41, 5.74) is 2.10. The number of hydrogen-bond donors (Lipinski definition) is 1. The molecular formula is C11H16O. The molecule has 0 saturated heterocycles. The fourth-order valence-electron chi connectivity index (χ4n) is 3.29. The molecule has 1 nitrogen and oxygen atoms in total. The first-order chi connectivity index (χ1) is 5.81. The van der Waals surface area contributed by atoms with Gasteiger partial charge in [-0.05, 0) is 54.9 Å². The molecule has 0 aliphatic heterocycles. The smallest absolute Gasteiger partial charge is 0.0641 e. The van der Waals surface area contributed by atoms with E-state index >= 15 is 0 Å². The van der Waals surface area contributed by atoms with Crippen LogP contribution in [0.25, 0.3) is 0 Å². The molecule has 0 aromatic heterocycles. The maximum Gasteiger partial charge on any atom is 0.0641 e. The highest BCUT2D eigenvalue weighted by atomic mass is 16.3. The molecule has 0 aromatic rings. The first-order valence-corrected chi connectivity index (χ1v) is 5.12. The molecule has 12 heavy (non-hydrogen) atoms. The molecule has 0 amide bonds. The SMILES string of the molecule is OCC1=C[C@H]2CC3(CC3)C[C@H]2C1. The highest BCUT2D eigenvalue weighted by molar-refractivity contribution is 5.20. The average Bonchev–Trinajstić information content (AvgIpc) is 2.52. The van der Waals surface area contributed by atoms with E-state index in [1.807, 2.05) is 0 Å². The van der Waals surface area contributed by atoms with Gasteiger partial charge in [-0.2, -0.15) is 0 Å². The number of aliphatic hydroxyl groups excluding tert-OH is 1. The lowest BCUT2D eigenvalue weighted by Gasteiger charge is -2.07. The number of aliphatic hydroxyl groups is 1. The van der Waals surface area contributed by atoms with Crippen LogP contribution in [0.3, 0.4) is 0 Å². The molecular weight excluding hydrogens is 148 g/mol. The second kappa shape index (κ2) is 2.14. The van der Waals surface area contributed by atoms with Crippen LogP contribution >= 0.6 is 0 Å². The van der Waals surface area contributed by atoms with Gasteiger partial charge in [0, 0.05) is 0 Å². The lowest BCUT2D eigenvalue weighted by molar-refractivity contribution is 0.322. The molecule has 0 radical (unpaired) electrons. The summed E-state index contributed by atoms with van der Waals surface area (Å²) in [5, 5.41) is 9.00. The number of hydrogen-bond acceptors (Lipinski definition) is 1. The molecule has 3 aliphatic rings. The normalized spacial score (nSPS) is 41.6. The Morgan fingerprint density at radius 3 is 2.83 bits per heavy atom. The predicted octanol–water partition coefficient (Wildman–Crippen LogP) is 2.12. The minimum absolute atomic E-state index is 0.306. The van der Waals surface area contributed by atoms with Crippen molar-refractivity contribution in [2.24, 2.45) is 17.3 Å². The maximum absolute atomic E-state index is 9.00. The minimum Gasteiger partial charge on any atom is -0.392 e. The fourth-order valence-corrected chi connectivity index (χ4v) is 3.29. The van der Waals surface area contributed by atoms with Crippen LogP contribution in [0, 0.1) is 17.3 Å². The Morgan fingerprint density at radius 1 is 1.42 bits per heavy atom. The molecule has 3 aliphatic carbocycles. The summed E-state index contributed by atoms with van der Waals surface area (Å²) < 4.78 is 0. The van der Waals surface area contributed by atoms with E-state index in [4.69, 9.17) is 5.11 Å². The fraction of sp³-hybridized carbons (Fsp3) is 0.818. The Kier molecular flexibility index (Phi) is 1.27. The van der Waals surface area contributed by atoms with Gasteiger partial charge in [0.1, 0.15) is 0 Å². The van der Waals surface area contributed by atoms with Crippen molar-refractivity contribution in [3.63, 3.8) is 0 Å².